The Bertz CT molecular complexity index is 1100. The number of hydrogen-bond acceptors (Lipinski definition) is 8. The summed E-state index contributed by atoms with van der Waals surface area (Å²) in [6.07, 6.45) is 2.67. The number of aromatic nitrogens is 3. The van der Waals surface area contributed by atoms with Gasteiger partial charge in [0.15, 0.2) is 5.60 Å². The molecule has 2 heterocycles. The van der Waals surface area contributed by atoms with E-state index in [0.717, 1.165) is 5.56 Å². The first kappa shape index (κ1) is 19.7. The molecule has 1 aliphatic carbocycles. The number of ether oxygens (including phenoxy) is 1. The average Bonchev–Trinajstić information content (AvgIpc) is 3.42. The monoisotopic (exact) mass is 424 g/mol. The molecule has 1 aromatic carbocycles. The highest BCUT2D eigenvalue weighted by Gasteiger charge is 2.55. The van der Waals surface area contributed by atoms with E-state index in [9.17, 15) is 4.79 Å². The van der Waals surface area contributed by atoms with Crippen molar-refractivity contribution >= 4 is 23.5 Å². The first-order valence-corrected chi connectivity index (χ1v) is 9.53. The van der Waals surface area contributed by atoms with Crippen LogP contribution in [0.3, 0.4) is 0 Å². The lowest BCUT2D eigenvalue weighted by molar-refractivity contribution is -0.142. The molecular weight excluding hydrogens is 408 g/mol. The summed E-state index contributed by atoms with van der Waals surface area (Å²) in [5.41, 5.74) is 5.54. The smallest absolute Gasteiger partial charge is 0.312 e. The Hall–Kier alpha value is -3.64. The number of nitrogen functional groups attached to an aromatic ring is 1. The van der Waals surface area contributed by atoms with E-state index < -0.39 is 5.60 Å². The molecule has 1 fully saturated rings. The van der Waals surface area contributed by atoms with E-state index in [0.29, 0.717) is 29.3 Å². The van der Waals surface area contributed by atoms with E-state index in [1.54, 1.807) is 47.5 Å². The van der Waals surface area contributed by atoms with Gasteiger partial charge in [-0.3, -0.25) is 4.79 Å². The number of nitrogens with two attached hydrogens (primary N) is 1. The number of pyridine rings is 1. The van der Waals surface area contributed by atoms with Gasteiger partial charge in [0.05, 0.1) is 11.6 Å². The van der Waals surface area contributed by atoms with Crippen LogP contribution >= 0.6 is 11.6 Å². The van der Waals surface area contributed by atoms with Crippen LogP contribution in [0.25, 0.3) is 0 Å². The number of carbonyl (C=O) groups is 1. The number of hydrogen-bond donors (Lipinski definition) is 1. The number of carbonyl (C=O) groups excluding carboxylic acids is 1. The molecular formula is C20H17ClN6O3. The van der Waals surface area contributed by atoms with Gasteiger partial charge in [-0.15, -0.1) is 5.10 Å². The van der Waals surface area contributed by atoms with Gasteiger partial charge in [-0.05, 0) is 23.8 Å². The molecule has 3 aromatic rings. The lowest BCUT2D eigenvalue weighted by atomic mass is 10.2. The third-order valence-corrected chi connectivity index (χ3v) is 4.96. The first-order valence-electron chi connectivity index (χ1n) is 9.15. The molecule has 10 heteroatoms. The van der Waals surface area contributed by atoms with Gasteiger partial charge < -0.3 is 19.8 Å². The summed E-state index contributed by atoms with van der Waals surface area (Å²) >= 11 is 6.20. The van der Waals surface area contributed by atoms with Gasteiger partial charge in [-0.25, -0.2) is 4.98 Å². The largest absolute Gasteiger partial charge is 0.476 e. The van der Waals surface area contributed by atoms with Gasteiger partial charge in [-0.2, -0.15) is 5.26 Å². The predicted molar refractivity (Wildman–Crippen MR) is 106 cm³/mol. The van der Waals surface area contributed by atoms with Crippen molar-refractivity contribution in [2.75, 3.05) is 5.73 Å². The van der Waals surface area contributed by atoms with E-state index in [-0.39, 0.29) is 30.9 Å². The minimum Gasteiger partial charge on any atom is -0.476 e. The molecule has 0 saturated heterocycles. The molecule has 2 aromatic heterocycles. The lowest BCUT2D eigenvalue weighted by Crippen LogP contribution is -2.43. The molecule has 0 spiro atoms. The molecule has 0 bridgehead atoms. The second-order valence-corrected chi connectivity index (χ2v) is 7.29. The summed E-state index contributed by atoms with van der Waals surface area (Å²) in [6.45, 7) is 0.268. The van der Waals surface area contributed by atoms with E-state index in [2.05, 4.69) is 15.2 Å². The summed E-state index contributed by atoms with van der Waals surface area (Å²) < 4.78 is 11.3. The van der Waals surface area contributed by atoms with Crippen LogP contribution in [0.15, 0.2) is 47.0 Å². The number of amides is 1. The molecule has 2 N–H and O–H groups in total. The molecule has 0 radical (unpaired) electrons. The highest BCUT2D eigenvalue weighted by atomic mass is 35.5. The van der Waals surface area contributed by atoms with Crippen LogP contribution in [0.4, 0.5) is 6.01 Å². The van der Waals surface area contributed by atoms with Crippen LogP contribution in [0, 0.1) is 11.3 Å². The van der Waals surface area contributed by atoms with Gasteiger partial charge in [0.1, 0.15) is 17.5 Å². The van der Waals surface area contributed by atoms with E-state index >= 15 is 0 Å². The summed E-state index contributed by atoms with van der Waals surface area (Å²) in [6, 6.07) is 12.2. The van der Waals surface area contributed by atoms with Crippen molar-refractivity contribution < 1.29 is 13.9 Å². The van der Waals surface area contributed by atoms with Crippen molar-refractivity contribution in [1.29, 1.82) is 5.26 Å². The Morgan fingerprint density at radius 2 is 2.07 bits per heavy atom. The van der Waals surface area contributed by atoms with Gasteiger partial charge >= 0.3 is 6.01 Å². The van der Waals surface area contributed by atoms with Crippen molar-refractivity contribution in [3.05, 3.63) is 64.8 Å². The fraction of sp³-hybridized carbons (Fsp3) is 0.250. The zero-order chi connectivity index (χ0) is 21.1. The third-order valence-electron chi connectivity index (χ3n) is 4.64. The molecule has 1 saturated carbocycles. The Morgan fingerprint density at radius 1 is 1.27 bits per heavy atom. The van der Waals surface area contributed by atoms with Crippen LogP contribution < -0.4 is 10.5 Å². The minimum absolute atomic E-state index is 0.0522. The molecule has 9 nitrogen and oxygen atoms in total. The maximum atomic E-state index is 13.4. The fourth-order valence-electron chi connectivity index (χ4n) is 3.00. The molecule has 30 heavy (non-hydrogen) atoms. The Morgan fingerprint density at radius 3 is 2.67 bits per heavy atom. The molecule has 1 amide bonds. The summed E-state index contributed by atoms with van der Waals surface area (Å²) in [5.74, 6) is 0.423. The van der Waals surface area contributed by atoms with E-state index in [1.165, 1.54) is 0 Å². The van der Waals surface area contributed by atoms with Gasteiger partial charge in [0, 0.05) is 25.6 Å². The predicted octanol–water partition coefficient (Wildman–Crippen LogP) is 2.71. The van der Waals surface area contributed by atoms with Crippen LogP contribution in [0.2, 0.25) is 5.02 Å². The fourth-order valence-corrected chi connectivity index (χ4v) is 3.17. The SMILES string of the molecule is N#Cc1ccc(CN(Cc2nnc(N)o2)C(=O)C2(Oc3ccccc3Cl)CC2)cn1. The summed E-state index contributed by atoms with van der Waals surface area (Å²) in [7, 11) is 0. The molecule has 0 atom stereocenters. The zero-order valence-electron chi connectivity index (χ0n) is 15.8. The molecule has 152 valence electrons. The average molecular weight is 425 g/mol. The number of rotatable bonds is 7. The van der Waals surface area contributed by atoms with Gasteiger partial charge in [0.25, 0.3) is 5.91 Å². The number of nitriles is 1. The number of benzene rings is 1. The normalized spacial score (nSPS) is 14.0. The number of para-hydroxylation sites is 1. The maximum absolute atomic E-state index is 13.4. The van der Waals surface area contributed by atoms with Gasteiger partial charge in [0.2, 0.25) is 5.89 Å². The Balaban J connectivity index is 1.58. The zero-order valence-corrected chi connectivity index (χ0v) is 16.5. The van der Waals surface area contributed by atoms with E-state index in [1.807, 2.05) is 6.07 Å². The van der Waals surface area contributed by atoms with Crippen molar-refractivity contribution in [3.63, 3.8) is 0 Å². The second kappa shape index (κ2) is 8.00. The number of nitrogens with zero attached hydrogens (tertiary/aromatic N) is 5. The van der Waals surface area contributed by atoms with Crippen molar-refractivity contribution in [1.82, 2.24) is 20.1 Å². The number of halogens is 1. The van der Waals surface area contributed by atoms with Crippen LogP contribution in [0.1, 0.15) is 30.0 Å². The second-order valence-electron chi connectivity index (χ2n) is 6.89. The Labute approximate surface area is 177 Å². The molecule has 0 aliphatic heterocycles. The van der Waals surface area contributed by atoms with Crippen molar-refractivity contribution in [2.45, 2.75) is 31.5 Å². The van der Waals surface area contributed by atoms with Crippen molar-refractivity contribution in [3.8, 4) is 11.8 Å². The standard InChI is InChI=1S/C20H17ClN6O3/c21-15-3-1-2-4-16(15)30-20(7-8-20)18(28)27(12-17-25-26-19(23)29-17)11-13-5-6-14(9-22)24-10-13/h1-6,10H,7-8,11-12H2,(H2,23,26). The summed E-state index contributed by atoms with van der Waals surface area (Å²) in [4.78, 5) is 19.0. The molecule has 0 unspecified atom stereocenters. The maximum Gasteiger partial charge on any atom is 0.312 e. The third kappa shape index (κ3) is 4.18. The topological polar surface area (TPSA) is 131 Å². The van der Waals surface area contributed by atoms with Gasteiger partial charge in [-0.1, -0.05) is 34.9 Å². The highest BCUT2D eigenvalue weighted by Crippen LogP contribution is 2.44. The first-order chi connectivity index (χ1) is 14.5. The molecule has 1 aliphatic rings. The number of anilines is 1. The van der Waals surface area contributed by atoms with Crippen LogP contribution in [0.5, 0.6) is 5.75 Å². The summed E-state index contributed by atoms with van der Waals surface area (Å²) in [5, 5.41) is 16.9. The van der Waals surface area contributed by atoms with Crippen LogP contribution in [-0.4, -0.2) is 31.6 Å². The highest BCUT2D eigenvalue weighted by molar-refractivity contribution is 6.32. The molecule has 4 rings (SSSR count). The minimum atomic E-state index is -1.00. The Kier molecular flexibility index (Phi) is 5.25. The van der Waals surface area contributed by atoms with E-state index in [4.69, 9.17) is 31.8 Å². The lowest BCUT2D eigenvalue weighted by Gasteiger charge is -2.27. The quantitative estimate of drug-likeness (QED) is 0.612. The van der Waals surface area contributed by atoms with Crippen molar-refractivity contribution in [2.24, 2.45) is 0 Å². The van der Waals surface area contributed by atoms with Crippen LogP contribution in [-0.2, 0) is 17.9 Å².